The number of fused-ring (bicyclic) bond motifs is 1. The van der Waals surface area contributed by atoms with Crippen molar-refractivity contribution < 1.29 is 4.79 Å². The fourth-order valence-electron chi connectivity index (χ4n) is 3.47. The summed E-state index contributed by atoms with van der Waals surface area (Å²) in [4.78, 5) is 28.1. The molecule has 2 aromatic heterocycles. The van der Waals surface area contributed by atoms with Crippen molar-refractivity contribution in [3.63, 3.8) is 0 Å². The minimum atomic E-state index is 0.00228. The topological polar surface area (TPSA) is 71.0 Å². The first-order valence-electron chi connectivity index (χ1n) is 8.57. The maximum absolute atomic E-state index is 12.6. The number of piperidine rings is 1. The second-order valence-electron chi connectivity index (χ2n) is 6.43. The highest BCUT2D eigenvalue weighted by Gasteiger charge is 2.28. The van der Waals surface area contributed by atoms with E-state index in [9.17, 15) is 4.79 Å². The van der Waals surface area contributed by atoms with Crippen LogP contribution in [0, 0.1) is 0 Å². The van der Waals surface area contributed by atoms with Gasteiger partial charge in [0.2, 0.25) is 0 Å². The van der Waals surface area contributed by atoms with E-state index in [1.54, 1.807) is 12.3 Å². The molecule has 4 heterocycles. The van der Waals surface area contributed by atoms with Crippen molar-refractivity contribution in [2.45, 2.75) is 31.7 Å². The lowest BCUT2D eigenvalue weighted by Crippen LogP contribution is -2.40. The number of carbonyl (C=O) groups is 1. The fourth-order valence-corrected chi connectivity index (χ4v) is 3.47. The lowest BCUT2D eigenvalue weighted by atomic mass is 9.96. The second-order valence-corrected chi connectivity index (χ2v) is 6.43. The number of pyridine rings is 1. The van der Waals surface area contributed by atoms with Gasteiger partial charge in [-0.2, -0.15) is 0 Å². The first-order chi connectivity index (χ1) is 11.8. The van der Waals surface area contributed by atoms with Crippen molar-refractivity contribution >= 4 is 5.91 Å². The van der Waals surface area contributed by atoms with Gasteiger partial charge in [0.05, 0.1) is 0 Å². The van der Waals surface area contributed by atoms with Crippen LogP contribution in [0.5, 0.6) is 0 Å². The molecule has 0 saturated carbocycles. The number of carbonyl (C=O) groups excluding carboxylic acids is 1. The van der Waals surface area contributed by atoms with Crippen LogP contribution in [-0.4, -0.2) is 45.4 Å². The number of hydrogen-bond acceptors (Lipinski definition) is 5. The van der Waals surface area contributed by atoms with Gasteiger partial charge in [0.1, 0.15) is 11.5 Å². The minimum Gasteiger partial charge on any atom is -0.337 e. The Kier molecular flexibility index (Phi) is 4.21. The van der Waals surface area contributed by atoms with E-state index < -0.39 is 0 Å². The molecule has 0 bridgehead atoms. The third-order valence-corrected chi connectivity index (χ3v) is 4.78. The summed E-state index contributed by atoms with van der Waals surface area (Å²) >= 11 is 0. The highest BCUT2D eigenvalue weighted by atomic mass is 16.2. The summed E-state index contributed by atoms with van der Waals surface area (Å²) in [5.41, 5.74) is 2.87. The van der Waals surface area contributed by atoms with Crippen LogP contribution in [0.25, 0.3) is 0 Å². The molecule has 1 unspecified atom stereocenters. The molecule has 24 heavy (non-hydrogen) atoms. The van der Waals surface area contributed by atoms with Crippen LogP contribution in [0.2, 0.25) is 0 Å². The van der Waals surface area contributed by atoms with Gasteiger partial charge >= 0.3 is 0 Å². The van der Waals surface area contributed by atoms with Gasteiger partial charge < -0.3 is 10.2 Å². The molecule has 0 aliphatic carbocycles. The smallest absolute Gasteiger partial charge is 0.272 e. The van der Waals surface area contributed by atoms with Crippen LogP contribution in [0.1, 0.15) is 46.3 Å². The first kappa shape index (κ1) is 15.2. The quantitative estimate of drug-likeness (QED) is 0.908. The monoisotopic (exact) mass is 323 g/mol. The van der Waals surface area contributed by atoms with E-state index in [1.165, 1.54) is 5.56 Å². The van der Waals surface area contributed by atoms with E-state index in [0.717, 1.165) is 50.4 Å². The van der Waals surface area contributed by atoms with E-state index in [2.05, 4.69) is 15.3 Å². The van der Waals surface area contributed by atoms with Crippen molar-refractivity contribution in [3.05, 3.63) is 53.4 Å². The van der Waals surface area contributed by atoms with E-state index in [4.69, 9.17) is 4.98 Å². The maximum atomic E-state index is 12.6. The molecule has 0 spiro atoms. The normalized spacial score (nSPS) is 20.5. The molecule has 0 aromatic carbocycles. The molecule has 6 heteroatoms. The Hall–Kier alpha value is -2.34. The molecule has 1 fully saturated rings. The van der Waals surface area contributed by atoms with Crippen molar-refractivity contribution in [1.82, 2.24) is 25.2 Å². The van der Waals surface area contributed by atoms with E-state index in [-0.39, 0.29) is 11.8 Å². The number of aromatic nitrogens is 3. The van der Waals surface area contributed by atoms with Gasteiger partial charge in [-0.1, -0.05) is 6.07 Å². The molecule has 2 aliphatic heterocycles. The predicted molar refractivity (Wildman–Crippen MR) is 89.6 cm³/mol. The number of nitrogens with one attached hydrogen (secondary N) is 1. The van der Waals surface area contributed by atoms with E-state index in [0.29, 0.717) is 12.2 Å². The lowest BCUT2D eigenvalue weighted by molar-refractivity contribution is 0.0698. The highest BCUT2D eigenvalue weighted by Crippen LogP contribution is 2.26. The van der Waals surface area contributed by atoms with Gasteiger partial charge in [-0.25, -0.2) is 9.97 Å². The average molecular weight is 323 g/mol. The second kappa shape index (κ2) is 6.65. The molecule has 2 aromatic rings. The zero-order valence-corrected chi connectivity index (χ0v) is 13.6. The zero-order valence-electron chi connectivity index (χ0n) is 13.6. The Morgan fingerprint density at radius 2 is 2.25 bits per heavy atom. The summed E-state index contributed by atoms with van der Waals surface area (Å²) in [6.45, 7) is 3.27. The summed E-state index contributed by atoms with van der Waals surface area (Å²) in [6.07, 6.45) is 6.57. The number of amides is 1. The average Bonchev–Trinajstić information content (AvgIpc) is 2.68. The Balaban J connectivity index is 1.52. The summed E-state index contributed by atoms with van der Waals surface area (Å²) in [6, 6.07) is 5.45. The van der Waals surface area contributed by atoms with Gasteiger partial charge in [-0.3, -0.25) is 9.78 Å². The summed E-state index contributed by atoms with van der Waals surface area (Å²) in [7, 11) is 0. The molecule has 1 saturated heterocycles. The minimum absolute atomic E-state index is 0.00228. The molecule has 6 nitrogen and oxygen atoms in total. The van der Waals surface area contributed by atoms with Gasteiger partial charge in [-0.15, -0.1) is 0 Å². The summed E-state index contributed by atoms with van der Waals surface area (Å²) in [5.74, 6) is 1.10. The molecule has 1 atom stereocenters. The van der Waals surface area contributed by atoms with Crippen LogP contribution < -0.4 is 5.32 Å². The highest BCUT2D eigenvalue weighted by molar-refractivity contribution is 5.92. The number of hydrogen-bond donors (Lipinski definition) is 1. The Morgan fingerprint density at radius 3 is 3.12 bits per heavy atom. The fraction of sp³-hybridized carbons (Fsp3) is 0.444. The third-order valence-electron chi connectivity index (χ3n) is 4.78. The standard InChI is InChI=1S/C18H21N5O/c24-18(16-5-1-2-7-20-16)23-9-3-4-13(12-23)17-21-11-14-10-19-8-6-15(14)22-17/h1-2,5,7,11,13,19H,3-4,6,8-10,12H2. The first-order valence-corrected chi connectivity index (χ1v) is 8.57. The molecule has 1 amide bonds. The molecular formula is C18H21N5O. The molecule has 4 rings (SSSR count). The van der Waals surface area contributed by atoms with Crippen LogP contribution in [0.15, 0.2) is 30.6 Å². The van der Waals surface area contributed by atoms with Crippen molar-refractivity contribution in [2.75, 3.05) is 19.6 Å². The summed E-state index contributed by atoms with van der Waals surface area (Å²) in [5, 5.41) is 3.34. The van der Waals surface area contributed by atoms with Gasteiger partial charge in [0.15, 0.2) is 0 Å². The number of nitrogens with zero attached hydrogens (tertiary/aromatic N) is 4. The zero-order chi connectivity index (χ0) is 16.4. The molecule has 2 aliphatic rings. The predicted octanol–water partition coefficient (Wildman–Crippen LogP) is 1.54. The van der Waals surface area contributed by atoms with E-state index >= 15 is 0 Å². The SMILES string of the molecule is O=C(c1ccccn1)N1CCCC(c2ncc3c(n2)CCNC3)C1. The number of rotatable bonds is 2. The Labute approximate surface area is 141 Å². The lowest BCUT2D eigenvalue weighted by Gasteiger charge is -2.32. The molecule has 1 N–H and O–H groups in total. The molecule has 0 radical (unpaired) electrons. The molecular weight excluding hydrogens is 302 g/mol. The van der Waals surface area contributed by atoms with Crippen LogP contribution in [-0.2, 0) is 13.0 Å². The van der Waals surface area contributed by atoms with Gasteiger partial charge in [0.25, 0.3) is 5.91 Å². The molecule has 124 valence electrons. The van der Waals surface area contributed by atoms with Crippen molar-refractivity contribution in [1.29, 1.82) is 0 Å². The Morgan fingerprint density at radius 1 is 1.29 bits per heavy atom. The van der Waals surface area contributed by atoms with E-state index in [1.807, 2.05) is 23.2 Å². The van der Waals surface area contributed by atoms with Gasteiger partial charge in [0, 0.05) is 62.2 Å². The van der Waals surface area contributed by atoms with Crippen LogP contribution >= 0.6 is 0 Å². The maximum Gasteiger partial charge on any atom is 0.272 e. The number of likely N-dealkylation sites (tertiary alicyclic amines) is 1. The van der Waals surface area contributed by atoms with Crippen molar-refractivity contribution in [3.8, 4) is 0 Å². The van der Waals surface area contributed by atoms with Crippen LogP contribution in [0.4, 0.5) is 0 Å². The Bertz CT molecular complexity index is 733. The largest absolute Gasteiger partial charge is 0.337 e. The van der Waals surface area contributed by atoms with Crippen LogP contribution in [0.3, 0.4) is 0 Å². The van der Waals surface area contributed by atoms with Gasteiger partial charge in [-0.05, 0) is 25.0 Å². The summed E-state index contributed by atoms with van der Waals surface area (Å²) < 4.78 is 0. The van der Waals surface area contributed by atoms with Crippen molar-refractivity contribution in [2.24, 2.45) is 0 Å². The third kappa shape index (κ3) is 3.01.